The van der Waals surface area contributed by atoms with Crippen LogP contribution in [0.5, 0.6) is 0 Å². The van der Waals surface area contributed by atoms with Gasteiger partial charge in [-0.25, -0.2) is 0 Å². The molecule has 19 heavy (non-hydrogen) atoms. The zero-order chi connectivity index (χ0) is 13.8. The second-order valence-corrected chi connectivity index (χ2v) is 6.93. The summed E-state index contributed by atoms with van der Waals surface area (Å²) < 4.78 is 0.952. The minimum atomic E-state index is 0.497. The van der Waals surface area contributed by atoms with Crippen molar-refractivity contribution in [1.82, 2.24) is 15.5 Å². The third-order valence-corrected chi connectivity index (χ3v) is 4.18. The first-order valence-electron chi connectivity index (χ1n) is 6.07. The lowest BCUT2D eigenvalue weighted by molar-refractivity contribution is 0.588. The molecule has 0 aliphatic rings. The van der Waals surface area contributed by atoms with Gasteiger partial charge in [-0.3, -0.25) is 0 Å². The Hall–Kier alpha value is -0.490. The third kappa shape index (κ3) is 4.53. The molecule has 3 nitrogen and oxygen atoms in total. The van der Waals surface area contributed by atoms with Crippen LogP contribution in [0.15, 0.2) is 22.7 Å². The van der Waals surface area contributed by atoms with Crippen LogP contribution >= 0.6 is 38.9 Å². The quantitative estimate of drug-likeness (QED) is 0.870. The van der Waals surface area contributed by atoms with Crippen molar-refractivity contribution in [3.63, 3.8) is 0 Å². The third-order valence-electron chi connectivity index (χ3n) is 2.47. The molecule has 6 heteroatoms. The fourth-order valence-corrected chi connectivity index (χ4v) is 3.30. The van der Waals surface area contributed by atoms with Gasteiger partial charge in [0.15, 0.2) is 0 Å². The largest absolute Gasteiger partial charge is 0.314 e. The van der Waals surface area contributed by atoms with Gasteiger partial charge in [-0.1, -0.05) is 52.7 Å². The van der Waals surface area contributed by atoms with Gasteiger partial charge < -0.3 is 5.32 Å². The highest BCUT2D eigenvalue weighted by Crippen LogP contribution is 2.29. The van der Waals surface area contributed by atoms with E-state index in [0.29, 0.717) is 11.1 Å². The smallest absolute Gasteiger partial charge is 0.147 e. The maximum absolute atomic E-state index is 6.04. The van der Waals surface area contributed by atoms with Gasteiger partial charge in [0.05, 0.1) is 0 Å². The van der Waals surface area contributed by atoms with Crippen molar-refractivity contribution >= 4 is 38.9 Å². The van der Waals surface area contributed by atoms with Crippen LogP contribution < -0.4 is 5.32 Å². The molecule has 0 spiro atoms. The Labute approximate surface area is 130 Å². The predicted octanol–water partition coefficient (Wildman–Crippen LogP) is 4.16. The van der Waals surface area contributed by atoms with Crippen molar-refractivity contribution in [2.24, 2.45) is 0 Å². The topological polar surface area (TPSA) is 37.8 Å². The molecular formula is C13H15BrClN3S. The Balaban J connectivity index is 2.07. The van der Waals surface area contributed by atoms with E-state index in [2.05, 4.69) is 45.3 Å². The highest BCUT2D eigenvalue weighted by molar-refractivity contribution is 9.10. The normalized spacial score (nSPS) is 11.2. The molecule has 0 saturated heterocycles. The van der Waals surface area contributed by atoms with Crippen LogP contribution in [0.3, 0.4) is 0 Å². The second-order valence-electron chi connectivity index (χ2n) is 4.52. The summed E-state index contributed by atoms with van der Waals surface area (Å²) in [4.78, 5) is 0. The first kappa shape index (κ1) is 14.9. The van der Waals surface area contributed by atoms with E-state index in [-0.39, 0.29) is 0 Å². The van der Waals surface area contributed by atoms with Crippen LogP contribution in [0, 0.1) is 0 Å². The van der Waals surface area contributed by atoms with Gasteiger partial charge in [-0.05, 0) is 18.2 Å². The van der Waals surface area contributed by atoms with Crippen molar-refractivity contribution in [3.05, 3.63) is 32.7 Å². The molecule has 1 aromatic carbocycles. The molecule has 0 saturated carbocycles. The number of rotatable bonds is 5. The molecule has 0 radical (unpaired) electrons. The lowest BCUT2D eigenvalue weighted by Crippen LogP contribution is -2.24. The lowest BCUT2D eigenvalue weighted by atomic mass is 10.2. The van der Waals surface area contributed by atoms with E-state index in [9.17, 15) is 0 Å². The summed E-state index contributed by atoms with van der Waals surface area (Å²) in [6.45, 7) is 5.19. The van der Waals surface area contributed by atoms with Gasteiger partial charge in [-0.2, -0.15) is 0 Å². The van der Waals surface area contributed by atoms with Crippen LogP contribution in [0.2, 0.25) is 5.02 Å². The van der Waals surface area contributed by atoms with Gasteiger partial charge in [0, 0.05) is 34.1 Å². The van der Waals surface area contributed by atoms with E-state index >= 15 is 0 Å². The molecule has 0 amide bonds. The average Bonchev–Trinajstić information content (AvgIpc) is 2.76. The summed E-state index contributed by atoms with van der Waals surface area (Å²) in [6.07, 6.45) is 0.900. The summed E-state index contributed by atoms with van der Waals surface area (Å²) in [6, 6.07) is 6.27. The van der Waals surface area contributed by atoms with Crippen LogP contribution in [-0.2, 0) is 6.42 Å². The summed E-state index contributed by atoms with van der Waals surface area (Å²) in [7, 11) is 0. The predicted molar refractivity (Wildman–Crippen MR) is 84.9 cm³/mol. The molecule has 0 bridgehead atoms. The highest BCUT2D eigenvalue weighted by Gasteiger charge is 2.08. The molecule has 0 aliphatic heterocycles. The van der Waals surface area contributed by atoms with Crippen molar-refractivity contribution in [1.29, 1.82) is 0 Å². The maximum Gasteiger partial charge on any atom is 0.147 e. The van der Waals surface area contributed by atoms with E-state index < -0.39 is 0 Å². The van der Waals surface area contributed by atoms with E-state index in [1.165, 1.54) is 0 Å². The highest BCUT2D eigenvalue weighted by atomic mass is 79.9. The fraction of sp³-hybridized carbons (Fsp3) is 0.385. The molecule has 2 rings (SSSR count). The summed E-state index contributed by atoms with van der Waals surface area (Å²) in [5.74, 6) is 0. The number of nitrogens with one attached hydrogen (secondary N) is 1. The van der Waals surface area contributed by atoms with Crippen molar-refractivity contribution in [2.45, 2.75) is 26.3 Å². The molecular weight excluding hydrogens is 346 g/mol. The molecule has 1 heterocycles. The summed E-state index contributed by atoms with van der Waals surface area (Å²) in [5, 5.41) is 14.5. The van der Waals surface area contributed by atoms with Crippen LogP contribution in [0.1, 0.15) is 18.9 Å². The second kappa shape index (κ2) is 6.79. The first-order valence-corrected chi connectivity index (χ1v) is 8.05. The Morgan fingerprint density at radius 2 is 2.11 bits per heavy atom. The summed E-state index contributed by atoms with van der Waals surface area (Å²) in [5.41, 5.74) is 1.000. The molecule has 1 N–H and O–H groups in total. The minimum Gasteiger partial charge on any atom is -0.314 e. The molecule has 0 unspecified atom stereocenters. The number of nitrogens with zero attached hydrogens (tertiary/aromatic N) is 2. The van der Waals surface area contributed by atoms with E-state index in [4.69, 9.17) is 11.6 Å². The van der Waals surface area contributed by atoms with Gasteiger partial charge in [0.1, 0.15) is 10.0 Å². The zero-order valence-corrected chi connectivity index (χ0v) is 13.9. The van der Waals surface area contributed by atoms with Crippen molar-refractivity contribution in [2.75, 3.05) is 6.54 Å². The van der Waals surface area contributed by atoms with Crippen LogP contribution in [0.4, 0.5) is 0 Å². The van der Waals surface area contributed by atoms with E-state index in [1.807, 2.05) is 18.2 Å². The number of hydrogen-bond acceptors (Lipinski definition) is 4. The van der Waals surface area contributed by atoms with Gasteiger partial charge in [0.2, 0.25) is 0 Å². The number of benzene rings is 1. The zero-order valence-electron chi connectivity index (χ0n) is 10.8. The SMILES string of the molecule is CC(C)NCCc1nnc(-c2cc(Cl)cc(Br)c2)s1. The van der Waals surface area contributed by atoms with Gasteiger partial charge in [-0.15, -0.1) is 10.2 Å². The van der Waals surface area contributed by atoms with Crippen molar-refractivity contribution < 1.29 is 0 Å². The first-order chi connectivity index (χ1) is 9.04. The van der Waals surface area contributed by atoms with E-state index in [0.717, 1.165) is 33.0 Å². The van der Waals surface area contributed by atoms with E-state index in [1.54, 1.807) is 11.3 Å². The lowest BCUT2D eigenvalue weighted by Gasteiger charge is -2.05. The van der Waals surface area contributed by atoms with Crippen molar-refractivity contribution in [3.8, 4) is 10.6 Å². The molecule has 0 aliphatic carbocycles. The maximum atomic E-state index is 6.04. The summed E-state index contributed by atoms with van der Waals surface area (Å²) >= 11 is 11.1. The Kier molecular flexibility index (Phi) is 5.33. The minimum absolute atomic E-state index is 0.497. The Morgan fingerprint density at radius 3 is 2.79 bits per heavy atom. The van der Waals surface area contributed by atoms with Crippen LogP contribution in [-0.4, -0.2) is 22.8 Å². The fourth-order valence-electron chi connectivity index (χ4n) is 1.62. The molecule has 2 aromatic rings. The Bertz CT molecular complexity index is 536. The molecule has 0 fully saturated rings. The monoisotopic (exact) mass is 359 g/mol. The number of hydrogen-bond donors (Lipinski definition) is 1. The average molecular weight is 361 g/mol. The molecule has 102 valence electrons. The Morgan fingerprint density at radius 1 is 1.32 bits per heavy atom. The van der Waals surface area contributed by atoms with Gasteiger partial charge in [0.25, 0.3) is 0 Å². The van der Waals surface area contributed by atoms with Gasteiger partial charge >= 0.3 is 0 Å². The number of aromatic nitrogens is 2. The standard InChI is InChI=1S/C13H15BrClN3S/c1-8(2)16-4-3-12-17-18-13(19-12)9-5-10(14)7-11(15)6-9/h5-8,16H,3-4H2,1-2H3. The molecule has 0 atom stereocenters. The molecule has 1 aromatic heterocycles. The number of halogens is 2. The van der Waals surface area contributed by atoms with Crippen LogP contribution in [0.25, 0.3) is 10.6 Å².